The molecule has 1 amide bonds. The first-order chi connectivity index (χ1) is 9.61. The van der Waals surface area contributed by atoms with Crippen molar-refractivity contribution in [1.29, 1.82) is 0 Å². The van der Waals surface area contributed by atoms with E-state index in [1.54, 1.807) is 23.1 Å². The van der Waals surface area contributed by atoms with Gasteiger partial charge in [-0.2, -0.15) is 11.8 Å². The van der Waals surface area contributed by atoms with Crippen LogP contribution in [0.2, 0.25) is 0 Å². The molecule has 1 aliphatic heterocycles. The van der Waals surface area contributed by atoms with E-state index in [1.807, 2.05) is 28.7 Å². The number of carbonyl (C=O) groups is 1. The number of carbonyl (C=O) groups excluding carboxylic acids is 1. The predicted molar refractivity (Wildman–Crippen MR) is 83.5 cm³/mol. The molecular weight excluding hydrogens is 294 g/mol. The van der Waals surface area contributed by atoms with Gasteiger partial charge in [0.25, 0.3) is 0 Å². The molecule has 1 fully saturated rings. The van der Waals surface area contributed by atoms with E-state index < -0.39 is 0 Å². The van der Waals surface area contributed by atoms with Crippen LogP contribution in [0.3, 0.4) is 0 Å². The highest BCUT2D eigenvalue weighted by Crippen LogP contribution is 2.35. The second-order valence-electron chi connectivity index (χ2n) is 4.82. The summed E-state index contributed by atoms with van der Waals surface area (Å²) >= 11 is 3.20. The lowest BCUT2D eigenvalue weighted by molar-refractivity contribution is -0.131. The van der Waals surface area contributed by atoms with Crippen LogP contribution in [-0.2, 0) is 11.2 Å². The topological polar surface area (TPSA) is 78.9 Å². The molecule has 0 saturated carbocycles. The minimum absolute atomic E-state index is 0.154. The standard InChI is InChI=1S/C13H19N3O2S2/c1-19-13(12(14)15-18)4-6-16(7-5-13)11(17)9-10-3-2-8-20-10/h2-3,8,18H,4-7,9H2,1H3,(H2,14,15). The monoisotopic (exact) mass is 313 g/mol. The van der Waals surface area contributed by atoms with Crippen LogP contribution < -0.4 is 5.73 Å². The lowest BCUT2D eigenvalue weighted by atomic mass is 9.94. The van der Waals surface area contributed by atoms with Crippen LogP contribution in [0.1, 0.15) is 17.7 Å². The number of piperidine rings is 1. The van der Waals surface area contributed by atoms with Gasteiger partial charge in [0, 0.05) is 18.0 Å². The molecule has 1 saturated heterocycles. The summed E-state index contributed by atoms with van der Waals surface area (Å²) in [4.78, 5) is 15.2. The zero-order valence-electron chi connectivity index (χ0n) is 11.4. The summed E-state index contributed by atoms with van der Waals surface area (Å²) < 4.78 is -0.339. The fourth-order valence-corrected chi connectivity index (χ4v) is 3.98. The van der Waals surface area contributed by atoms with Crippen molar-refractivity contribution in [2.45, 2.75) is 24.0 Å². The number of hydrogen-bond acceptors (Lipinski definition) is 5. The van der Waals surface area contributed by atoms with Crippen molar-refractivity contribution < 1.29 is 10.0 Å². The Kier molecular flexibility index (Phi) is 4.93. The van der Waals surface area contributed by atoms with E-state index in [1.165, 1.54) is 0 Å². The maximum absolute atomic E-state index is 12.2. The third kappa shape index (κ3) is 3.09. The third-order valence-corrected chi connectivity index (χ3v) is 6.07. The Morgan fingerprint density at radius 3 is 2.80 bits per heavy atom. The van der Waals surface area contributed by atoms with E-state index in [9.17, 15) is 4.79 Å². The van der Waals surface area contributed by atoms with Gasteiger partial charge in [-0.3, -0.25) is 4.79 Å². The Bertz CT molecular complexity index is 480. The van der Waals surface area contributed by atoms with Crippen LogP contribution in [0.15, 0.2) is 22.7 Å². The molecule has 1 aliphatic rings. The maximum atomic E-state index is 12.2. The predicted octanol–water partition coefficient (Wildman–Crippen LogP) is 1.76. The molecule has 1 aromatic heterocycles. The summed E-state index contributed by atoms with van der Waals surface area (Å²) in [6.07, 6.45) is 3.87. The van der Waals surface area contributed by atoms with E-state index >= 15 is 0 Å². The Morgan fingerprint density at radius 2 is 2.30 bits per heavy atom. The normalized spacial score (nSPS) is 19.1. The second-order valence-corrected chi connectivity index (χ2v) is 7.04. The number of rotatable bonds is 4. The van der Waals surface area contributed by atoms with Crippen LogP contribution in [0.5, 0.6) is 0 Å². The van der Waals surface area contributed by atoms with Crippen molar-refractivity contribution in [3.8, 4) is 0 Å². The van der Waals surface area contributed by atoms with E-state index in [0.717, 1.165) is 17.7 Å². The Labute approximate surface area is 126 Å². The first-order valence-corrected chi connectivity index (χ1v) is 8.55. The number of nitrogens with two attached hydrogens (primary N) is 1. The molecule has 3 N–H and O–H groups in total. The molecule has 0 unspecified atom stereocenters. The van der Waals surface area contributed by atoms with Crippen LogP contribution in [0.25, 0.3) is 0 Å². The van der Waals surface area contributed by atoms with E-state index in [2.05, 4.69) is 5.16 Å². The lowest BCUT2D eigenvalue weighted by Gasteiger charge is -2.39. The SMILES string of the molecule is CSC1(C(N)=NO)CCN(C(=O)Cc2cccs2)CC1. The van der Waals surface area contributed by atoms with Crippen LogP contribution in [0, 0.1) is 0 Å². The summed E-state index contributed by atoms with van der Waals surface area (Å²) in [5.74, 6) is 0.414. The van der Waals surface area contributed by atoms with E-state index in [4.69, 9.17) is 10.9 Å². The lowest BCUT2D eigenvalue weighted by Crippen LogP contribution is -2.51. The quantitative estimate of drug-likeness (QED) is 0.384. The summed E-state index contributed by atoms with van der Waals surface area (Å²) in [7, 11) is 0. The molecule has 110 valence electrons. The molecule has 0 aromatic carbocycles. The fourth-order valence-electron chi connectivity index (χ4n) is 2.45. The molecular formula is C13H19N3O2S2. The number of oxime groups is 1. The summed E-state index contributed by atoms with van der Waals surface area (Å²) in [6.45, 7) is 1.31. The van der Waals surface area contributed by atoms with Gasteiger partial charge in [0.2, 0.25) is 5.91 Å². The van der Waals surface area contributed by atoms with Gasteiger partial charge in [0.05, 0.1) is 11.2 Å². The minimum Gasteiger partial charge on any atom is -0.409 e. The Balaban J connectivity index is 1.95. The molecule has 0 aliphatic carbocycles. The van der Waals surface area contributed by atoms with Gasteiger partial charge in [-0.25, -0.2) is 0 Å². The van der Waals surface area contributed by atoms with E-state index in [-0.39, 0.29) is 16.5 Å². The smallest absolute Gasteiger partial charge is 0.227 e. The van der Waals surface area contributed by atoms with Gasteiger partial charge >= 0.3 is 0 Å². The molecule has 0 atom stereocenters. The average Bonchev–Trinajstić information content (AvgIpc) is 2.99. The molecule has 2 heterocycles. The van der Waals surface area contributed by atoms with Gasteiger partial charge in [-0.05, 0) is 30.5 Å². The Morgan fingerprint density at radius 1 is 1.60 bits per heavy atom. The number of amides is 1. The molecule has 0 spiro atoms. The van der Waals surface area contributed by atoms with Crippen LogP contribution in [0.4, 0.5) is 0 Å². The fraction of sp³-hybridized carbons (Fsp3) is 0.538. The van der Waals surface area contributed by atoms with Crippen molar-refractivity contribution in [2.75, 3.05) is 19.3 Å². The van der Waals surface area contributed by atoms with E-state index in [0.29, 0.717) is 19.5 Å². The van der Waals surface area contributed by atoms with Crippen molar-refractivity contribution in [3.05, 3.63) is 22.4 Å². The highest BCUT2D eigenvalue weighted by Gasteiger charge is 2.39. The summed E-state index contributed by atoms with van der Waals surface area (Å²) in [5, 5.41) is 14.0. The van der Waals surface area contributed by atoms with Crippen LogP contribution in [-0.4, -0.2) is 45.9 Å². The zero-order chi connectivity index (χ0) is 14.6. The molecule has 2 rings (SSSR count). The first kappa shape index (κ1) is 15.2. The minimum atomic E-state index is -0.339. The molecule has 5 nitrogen and oxygen atoms in total. The number of hydrogen-bond donors (Lipinski definition) is 2. The number of likely N-dealkylation sites (tertiary alicyclic amines) is 1. The van der Waals surface area contributed by atoms with Crippen molar-refractivity contribution in [1.82, 2.24) is 4.90 Å². The molecule has 20 heavy (non-hydrogen) atoms. The van der Waals surface area contributed by atoms with Gasteiger partial charge < -0.3 is 15.8 Å². The van der Waals surface area contributed by atoms with Crippen molar-refractivity contribution in [2.24, 2.45) is 10.9 Å². The second kappa shape index (κ2) is 6.49. The number of thioether (sulfide) groups is 1. The van der Waals surface area contributed by atoms with Crippen molar-refractivity contribution >= 4 is 34.8 Å². The molecule has 1 aromatic rings. The zero-order valence-corrected chi connectivity index (χ0v) is 13.0. The maximum Gasteiger partial charge on any atom is 0.227 e. The van der Waals surface area contributed by atoms with Gasteiger partial charge in [-0.1, -0.05) is 11.2 Å². The summed E-state index contributed by atoms with van der Waals surface area (Å²) in [6, 6.07) is 3.94. The molecule has 7 heteroatoms. The largest absolute Gasteiger partial charge is 0.409 e. The van der Waals surface area contributed by atoms with Gasteiger partial charge in [0.1, 0.15) is 0 Å². The molecule has 0 bridgehead atoms. The number of thiophene rings is 1. The van der Waals surface area contributed by atoms with Crippen molar-refractivity contribution in [3.63, 3.8) is 0 Å². The highest BCUT2D eigenvalue weighted by molar-refractivity contribution is 8.00. The first-order valence-electron chi connectivity index (χ1n) is 6.44. The summed E-state index contributed by atoms with van der Waals surface area (Å²) in [5.41, 5.74) is 5.80. The Hall–Kier alpha value is -1.21. The van der Waals surface area contributed by atoms with Gasteiger partial charge in [0.15, 0.2) is 5.84 Å². The average molecular weight is 313 g/mol. The number of nitrogens with zero attached hydrogens (tertiary/aromatic N) is 2. The van der Waals surface area contributed by atoms with Crippen LogP contribution >= 0.6 is 23.1 Å². The number of amidine groups is 1. The third-order valence-electron chi connectivity index (χ3n) is 3.79. The highest BCUT2D eigenvalue weighted by atomic mass is 32.2. The van der Waals surface area contributed by atoms with Gasteiger partial charge in [-0.15, -0.1) is 11.3 Å². The molecule has 0 radical (unpaired) electrons.